The van der Waals surface area contributed by atoms with Crippen molar-refractivity contribution in [1.82, 2.24) is 14.8 Å². The van der Waals surface area contributed by atoms with E-state index in [4.69, 9.17) is 0 Å². The number of hydrogen-bond acceptors (Lipinski definition) is 5. The first-order chi connectivity index (χ1) is 10.1. The summed E-state index contributed by atoms with van der Waals surface area (Å²) in [4.78, 5) is 20.4. The Labute approximate surface area is 126 Å². The van der Waals surface area contributed by atoms with Crippen LogP contribution >= 0.6 is 0 Å². The number of pyridine rings is 1. The van der Waals surface area contributed by atoms with Crippen molar-refractivity contribution < 1.29 is 9.53 Å². The number of piperidine rings is 1. The maximum Gasteiger partial charge on any atom is 0.339 e. The first-order valence-electron chi connectivity index (χ1n) is 7.49. The van der Waals surface area contributed by atoms with Gasteiger partial charge < -0.3 is 14.5 Å². The largest absolute Gasteiger partial charge is 0.465 e. The van der Waals surface area contributed by atoms with Crippen LogP contribution in [0.15, 0.2) is 18.3 Å². The van der Waals surface area contributed by atoms with E-state index in [0.717, 1.165) is 24.7 Å². The number of esters is 1. The van der Waals surface area contributed by atoms with Gasteiger partial charge in [-0.3, -0.25) is 4.98 Å². The molecular formula is C16H25N3O2. The van der Waals surface area contributed by atoms with Crippen LogP contribution in [-0.2, 0) is 11.3 Å². The Morgan fingerprint density at radius 2 is 2.14 bits per heavy atom. The van der Waals surface area contributed by atoms with Gasteiger partial charge >= 0.3 is 5.97 Å². The van der Waals surface area contributed by atoms with E-state index in [0.29, 0.717) is 5.56 Å². The Balaban J connectivity index is 1.82. The molecule has 1 fully saturated rings. The van der Waals surface area contributed by atoms with Crippen molar-refractivity contribution in [2.45, 2.75) is 19.4 Å². The number of hydrogen-bond donors (Lipinski definition) is 0. The topological polar surface area (TPSA) is 45.7 Å². The highest BCUT2D eigenvalue weighted by Gasteiger charge is 2.18. The second kappa shape index (κ2) is 7.52. The summed E-state index contributed by atoms with van der Waals surface area (Å²) in [5.41, 5.74) is 1.48. The zero-order chi connectivity index (χ0) is 15.2. The number of likely N-dealkylation sites (tertiary alicyclic amines) is 1. The number of methoxy groups -OCH3 is 1. The van der Waals surface area contributed by atoms with Gasteiger partial charge in [-0.05, 0) is 58.1 Å². The van der Waals surface area contributed by atoms with Crippen LogP contribution in [0.3, 0.4) is 0 Å². The smallest absolute Gasteiger partial charge is 0.339 e. The fraction of sp³-hybridized carbons (Fsp3) is 0.625. The molecule has 5 nitrogen and oxygen atoms in total. The molecule has 21 heavy (non-hydrogen) atoms. The number of carbonyl (C=O) groups excluding carboxylic acids is 1. The van der Waals surface area contributed by atoms with Gasteiger partial charge in [-0.1, -0.05) is 0 Å². The Hall–Kier alpha value is -1.46. The average molecular weight is 291 g/mol. The third-order valence-electron chi connectivity index (χ3n) is 4.09. The summed E-state index contributed by atoms with van der Waals surface area (Å²) in [5.74, 6) is 0.439. The summed E-state index contributed by atoms with van der Waals surface area (Å²) in [7, 11) is 5.70. The van der Waals surface area contributed by atoms with Gasteiger partial charge in [-0.2, -0.15) is 0 Å². The van der Waals surface area contributed by atoms with Crippen molar-refractivity contribution in [3.63, 3.8) is 0 Å². The lowest BCUT2D eigenvalue weighted by Gasteiger charge is -2.31. The molecule has 0 bridgehead atoms. The van der Waals surface area contributed by atoms with E-state index < -0.39 is 0 Å². The highest BCUT2D eigenvalue weighted by molar-refractivity contribution is 5.88. The molecular weight excluding hydrogens is 266 g/mol. The SMILES string of the molecule is COC(=O)c1ccc(CN(C)CC2CCN(C)CC2)nc1. The summed E-state index contributed by atoms with van der Waals surface area (Å²) in [6, 6.07) is 3.68. The van der Waals surface area contributed by atoms with E-state index in [2.05, 4.69) is 33.6 Å². The van der Waals surface area contributed by atoms with Crippen LogP contribution in [0.5, 0.6) is 0 Å². The molecule has 0 spiro atoms. The molecule has 5 heteroatoms. The zero-order valence-electron chi connectivity index (χ0n) is 13.2. The van der Waals surface area contributed by atoms with Crippen molar-refractivity contribution in [3.05, 3.63) is 29.6 Å². The van der Waals surface area contributed by atoms with Gasteiger partial charge in [0.25, 0.3) is 0 Å². The van der Waals surface area contributed by atoms with Gasteiger partial charge in [0.1, 0.15) is 0 Å². The van der Waals surface area contributed by atoms with Crippen molar-refractivity contribution in [1.29, 1.82) is 0 Å². The van der Waals surface area contributed by atoms with Crippen LogP contribution in [0.4, 0.5) is 0 Å². The molecule has 1 aromatic heterocycles. The number of ether oxygens (including phenoxy) is 1. The minimum atomic E-state index is -0.339. The maximum absolute atomic E-state index is 11.4. The number of aromatic nitrogens is 1. The average Bonchev–Trinajstić information content (AvgIpc) is 2.49. The van der Waals surface area contributed by atoms with E-state index in [1.165, 1.54) is 33.0 Å². The predicted octanol–water partition coefficient (Wildman–Crippen LogP) is 1.64. The van der Waals surface area contributed by atoms with Crippen molar-refractivity contribution >= 4 is 5.97 Å². The molecule has 0 amide bonds. The Morgan fingerprint density at radius 3 is 2.71 bits per heavy atom. The first-order valence-corrected chi connectivity index (χ1v) is 7.49. The van der Waals surface area contributed by atoms with E-state index in [1.807, 2.05) is 6.07 Å². The molecule has 1 aromatic rings. The fourth-order valence-electron chi connectivity index (χ4n) is 2.78. The molecule has 116 valence electrons. The third-order valence-corrected chi connectivity index (χ3v) is 4.09. The minimum absolute atomic E-state index is 0.339. The highest BCUT2D eigenvalue weighted by Crippen LogP contribution is 2.17. The lowest BCUT2D eigenvalue weighted by atomic mass is 9.96. The van der Waals surface area contributed by atoms with Crippen LogP contribution in [-0.4, -0.2) is 61.6 Å². The van der Waals surface area contributed by atoms with Crippen LogP contribution in [0, 0.1) is 5.92 Å². The third kappa shape index (κ3) is 4.79. The van der Waals surface area contributed by atoms with Crippen LogP contribution < -0.4 is 0 Å². The molecule has 1 saturated heterocycles. The highest BCUT2D eigenvalue weighted by atomic mass is 16.5. The van der Waals surface area contributed by atoms with Crippen molar-refractivity contribution in [3.8, 4) is 0 Å². The van der Waals surface area contributed by atoms with E-state index in [-0.39, 0.29) is 5.97 Å². The Morgan fingerprint density at radius 1 is 1.43 bits per heavy atom. The fourth-order valence-corrected chi connectivity index (χ4v) is 2.78. The molecule has 2 rings (SSSR count). The second-order valence-electron chi connectivity index (χ2n) is 5.97. The normalized spacial score (nSPS) is 17.1. The molecule has 0 N–H and O–H groups in total. The molecule has 0 aromatic carbocycles. The Bertz CT molecular complexity index is 453. The quantitative estimate of drug-likeness (QED) is 0.772. The van der Waals surface area contributed by atoms with Crippen LogP contribution in [0.25, 0.3) is 0 Å². The van der Waals surface area contributed by atoms with Gasteiger partial charge in [0.15, 0.2) is 0 Å². The van der Waals surface area contributed by atoms with E-state index in [9.17, 15) is 4.79 Å². The number of rotatable bonds is 5. The molecule has 1 aliphatic heterocycles. The zero-order valence-corrected chi connectivity index (χ0v) is 13.2. The summed E-state index contributed by atoms with van der Waals surface area (Å²) in [5, 5.41) is 0. The standard InChI is InChI=1S/C16H25N3O2/c1-18-8-6-13(7-9-18)11-19(2)12-15-5-4-14(10-17-15)16(20)21-3/h4-5,10,13H,6-9,11-12H2,1-3H3. The lowest BCUT2D eigenvalue weighted by Crippen LogP contribution is -2.35. The van der Waals surface area contributed by atoms with Crippen molar-refractivity contribution in [2.75, 3.05) is 40.8 Å². The molecule has 2 heterocycles. The van der Waals surface area contributed by atoms with Gasteiger partial charge in [-0.15, -0.1) is 0 Å². The number of carbonyl (C=O) groups is 1. The summed E-state index contributed by atoms with van der Waals surface area (Å²) < 4.78 is 4.67. The minimum Gasteiger partial charge on any atom is -0.465 e. The van der Waals surface area contributed by atoms with Crippen molar-refractivity contribution in [2.24, 2.45) is 5.92 Å². The predicted molar refractivity (Wildman–Crippen MR) is 82.1 cm³/mol. The maximum atomic E-state index is 11.4. The monoisotopic (exact) mass is 291 g/mol. The van der Waals surface area contributed by atoms with Crippen LogP contribution in [0.2, 0.25) is 0 Å². The van der Waals surface area contributed by atoms with Crippen LogP contribution in [0.1, 0.15) is 28.9 Å². The van der Waals surface area contributed by atoms with E-state index >= 15 is 0 Å². The number of nitrogens with zero attached hydrogens (tertiary/aromatic N) is 3. The van der Waals surface area contributed by atoms with Gasteiger partial charge in [-0.25, -0.2) is 4.79 Å². The van der Waals surface area contributed by atoms with Gasteiger partial charge in [0.2, 0.25) is 0 Å². The molecule has 0 atom stereocenters. The summed E-state index contributed by atoms with van der Waals surface area (Å²) >= 11 is 0. The van der Waals surface area contributed by atoms with Gasteiger partial charge in [0, 0.05) is 19.3 Å². The molecule has 1 aliphatic rings. The van der Waals surface area contributed by atoms with E-state index in [1.54, 1.807) is 12.3 Å². The molecule has 0 aliphatic carbocycles. The Kier molecular flexibility index (Phi) is 5.70. The second-order valence-corrected chi connectivity index (χ2v) is 5.97. The molecule has 0 unspecified atom stereocenters. The summed E-state index contributed by atoms with van der Waals surface area (Å²) in [6.45, 7) is 4.32. The first kappa shape index (κ1) is 15.9. The molecule has 0 saturated carbocycles. The molecule has 0 radical (unpaired) electrons. The lowest BCUT2D eigenvalue weighted by molar-refractivity contribution is 0.0600. The summed E-state index contributed by atoms with van der Waals surface area (Å²) in [6.07, 6.45) is 4.13. The van der Waals surface area contributed by atoms with Gasteiger partial charge in [0.05, 0.1) is 18.4 Å².